The molecule has 0 aromatic heterocycles. The molecule has 9 nitrogen and oxygen atoms in total. The molecule has 2 atom stereocenters. The Hall–Kier alpha value is -4.66. The van der Waals surface area contributed by atoms with Crippen molar-refractivity contribution >= 4 is 29.1 Å². The summed E-state index contributed by atoms with van der Waals surface area (Å²) in [5.74, 6) is -3.67. The van der Waals surface area contributed by atoms with Gasteiger partial charge in [0.2, 0.25) is 0 Å². The number of ether oxygens (including phenoxy) is 2. The van der Waals surface area contributed by atoms with E-state index in [1.54, 1.807) is 18.1 Å². The van der Waals surface area contributed by atoms with Gasteiger partial charge >= 0.3 is 0 Å². The fourth-order valence-electron chi connectivity index (χ4n) is 5.08. The number of fused-ring (bicyclic) bond motifs is 1. The molecular weight excluding hydrogens is 568 g/mol. The SMILES string of the molecule is COc1cc(C(F)(F)c2ccc(N3C(=O)C4C(NC(=O)c5ccc(OC)c(C#N)c5)CNN4C=C3C)cc2)ccc1Cl. The maximum Gasteiger partial charge on any atom is 0.298 e. The lowest BCUT2D eigenvalue weighted by atomic mass is 9.99. The van der Waals surface area contributed by atoms with Crippen LogP contribution in [0.3, 0.4) is 0 Å². The van der Waals surface area contributed by atoms with E-state index in [0.717, 1.165) is 0 Å². The van der Waals surface area contributed by atoms with Crippen LogP contribution in [0.4, 0.5) is 14.5 Å². The van der Waals surface area contributed by atoms with Crippen molar-refractivity contribution in [2.24, 2.45) is 0 Å². The van der Waals surface area contributed by atoms with Gasteiger partial charge in [0, 0.05) is 40.8 Å². The average molecular weight is 594 g/mol. The molecule has 0 spiro atoms. The number of hydrazine groups is 1. The first-order valence-electron chi connectivity index (χ1n) is 12.8. The highest BCUT2D eigenvalue weighted by Gasteiger charge is 2.45. The number of nitriles is 1. The van der Waals surface area contributed by atoms with Crippen LogP contribution in [0.1, 0.15) is 34.0 Å². The molecule has 2 heterocycles. The van der Waals surface area contributed by atoms with Crippen LogP contribution < -0.4 is 25.1 Å². The zero-order valence-corrected chi connectivity index (χ0v) is 23.6. The molecule has 0 saturated carbocycles. The number of halogens is 3. The second-order valence-electron chi connectivity index (χ2n) is 9.74. The number of rotatable bonds is 7. The van der Waals surface area contributed by atoms with Crippen LogP contribution in [0.5, 0.6) is 11.5 Å². The number of amides is 2. The second-order valence-corrected chi connectivity index (χ2v) is 10.1. The van der Waals surface area contributed by atoms with Gasteiger partial charge in [-0.05, 0) is 49.4 Å². The maximum absolute atomic E-state index is 15.4. The molecule has 216 valence electrons. The summed E-state index contributed by atoms with van der Waals surface area (Å²) in [6.07, 6.45) is 1.72. The van der Waals surface area contributed by atoms with Gasteiger partial charge in [-0.25, -0.2) is 5.43 Å². The molecule has 12 heteroatoms. The molecule has 2 aliphatic heterocycles. The van der Waals surface area contributed by atoms with E-state index in [2.05, 4.69) is 10.7 Å². The number of alkyl halides is 2. The molecule has 1 fully saturated rings. The van der Waals surface area contributed by atoms with Gasteiger partial charge in [0.15, 0.2) is 0 Å². The normalized spacial score (nSPS) is 18.2. The molecule has 42 heavy (non-hydrogen) atoms. The van der Waals surface area contributed by atoms with Crippen molar-refractivity contribution in [2.45, 2.75) is 24.9 Å². The van der Waals surface area contributed by atoms with Crippen molar-refractivity contribution in [1.82, 2.24) is 15.8 Å². The van der Waals surface area contributed by atoms with Crippen LogP contribution in [0.2, 0.25) is 5.02 Å². The number of anilines is 1. The van der Waals surface area contributed by atoms with Gasteiger partial charge in [-0.3, -0.25) is 19.5 Å². The summed E-state index contributed by atoms with van der Waals surface area (Å²) in [7, 11) is 2.78. The summed E-state index contributed by atoms with van der Waals surface area (Å²) in [6.45, 7) is 2.00. The first kappa shape index (κ1) is 28.9. The molecule has 0 aliphatic carbocycles. The van der Waals surface area contributed by atoms with E-state index in [1.165, 1.54) is 79.8 Å². The number of hydrogen-bond acceptors (Lipinski definition) is 7. The zero-order valence-electron chi connectivity index (χ0n) is 22.8. The summed E-state index contributed by atoms with van der Waals surface area (Å²) in [5.41, 5.74) is 3.95. The lowest BCUT2D eigenvalue weighted by Crippen LogP contribution is -2.56. The predicted molar refractivity (Wildman–Crippen MR) is 151 cm³/mol. The van der Waals surface area contributed by atoms with Gasteiger partial charge < -0.3 is 14.8 Å². The van der Waals surface area contributed by atoms with E-state index in [9.17, 15) is 14.9 Å². The summed E-state index contributed by atoms with van der Waals surface area (Å²) < 4.78 is 41.0. The van der Waals surface area contributed by atoms with Gasteiger partial charge in [-0.15, -0.1) is 0 Å². The fourth-order valence-corrected chi connectivity index (χ4v) is 5.28. The summed E-state index contributed by atoms with van der Waals surface area (Å²) in [4.78, 5) is 28.2. The van der Waals surface area contributed by atoms with E-state index >= 15 is 8.78 Å². The van der Waals surface area contributed by atoms with Crippen LogP contribution in [0, 0.1) is 11.3 Å². The lowest BCUT2D eigenvalue weighted by molar-refractivity contribution is -0.123. The van der Waals surface area contributed by atoms with Crippen LogP contribution in [0.25, 0.3) is 0 Å². The minimum Gasteiger partial charge on any atom is -0.495 e. The topological polar surface area (TPSA) is 107 Å². The molecule has 2 N–H and O–H groups in total. The van der Waals surface area contributed by atoms with Crippen LogP contribution in [0.15, 0.2) is 72.6 Å². The number of carbonyl (C=O) groups is 2. The smallest absolute Gasteiger partial charge is 0.298 e. The van der Waals surface area contributed by atoms with Gasteiger partial charge in [-0.1, -0.05) is 29.8 Å². The number of nitrogens with one attached hydrogen (secondary N) is 2. The van der Waals surface area contributed by atoms with E-state index in [4.69, 9.17) is 21.1 Å². The second kappa shape index (κ2) is 11.3. The highest BCUT2D eigenvalue weighted by molar-refractivity contribution is 6.32. The zero-order chi connectivity index (χ0) is 30.2. The Bertz CT molecular complexity index is 1620. The first-order valence-corrected chi connectivity index (χ1v) is 13.2. The Labute approximate surface area is 245 Å². The standard InChI is InChI=1S/C30H26ClF2N5O4/c1-17-16-37-27(24(15-35-37)36-28(39)18-4-11-25(41-2)19(12-18)14-34)29(40)38(17)22-8-5-20(6-9-22)30(32,33)21-7-10-23(31)26(13-21)42-3/h4-13,16,24,27,35H,15H2,1-3H3,(H,36,39). The Kier molecular flexibility index (Phi) is 7.77. The van der Waals surface area contributed by atoms with Crippen molar-refractivity contribution in [3.8, 4) is 17.6 Å². The first-order chi connectivity index (χ1) is 20.1. The third-order valence-electron chi connectivity index (χ3n) is 7.23. The lowest BCUT2D eigenvalue weighted by Gasteiger charge is -2.37. The number of benzene rings is 3. The fraction of sp³-hybridized carbons (Fsp3) is 0.233. The molecule has 2 unspecified atom stereocenters. The number of allylic oxidation sites excluding steroid dienone is 1. The molecule has 0 bridgehead atoms. The molecule has 5 rings (SSSR count). The minimum atomic E-state index is -3.35. The number of carbonyl (C=O) groups excluding carboxylic acids is 2. The van der Waals surface area contributed by atoms with Crippen LogP contribution in [-0.4, -0.2) is 49.7 Å². The highest BCUT2D eigenvalue weighted by atomic mass is 35.5. The Morgan fingerprint density at radius 1 is 1.07 bits per heavy atom. The number of hydrogen-bond donors (Lipinski definition) is 2. The van der Waals surface area contributed by atoms with Gasteiger partial charge in [0.05, 0.1) is 30.8 Å². The Morgan fingerprint density at radius 3 is 2.43 bits per heavy atom. The highest BCUT2D eigenvalue weighted by Crippen LogP contribution is 2.40. The summed E-state index contributed by atoms with van der Waals surface area (Å²) >= 11 is 6.00. The van der Waals surface area contributed by atoms with Crippen LogP contribution in [-0.2, 0) is 10.7 Å². The quantitative estimate of drug-likeness (QED) is 0.413. The Morgan fingerprint density at radius 2 is 1.76 bits per heavy atom. The molecule has 0 radical (unpaired) electrons. The van der Waals surface area contributed by atoms with Crippen molar-refractivity contribution in [3.05, 3.63) is 99.8 Å². The summed E-state index contributed by atoms with van der Waals surface area (Å²) in [6, 6.07) is 14.3. The molecular formula is C30H26ClF2N5O4. The average Bonchev–Trinajstić information content (AvgIpc) is 3.39. The Balaban J connectivity index is 1.36. The van der Waals surface area contributed by atoms with Crippen molar-refractivity contribution in [3.63, 3.8) is 0 Å². The predicted octanol–water partition coefficient (Wildman–Crippen LogP) is 4.56. The third kappa shape index (κ3) is 5.11. The van der Waals surface area contributed by atoms with E-state index < -0.39 is 23.9 Å². The largest absolute Gasteiger partial charge is 0.495 e. The van der Waals surface area contributed by atoms with E-state index in [-0.39, 0.29) is 45.5 Å². The third-order valence-corrected chi connectivity index (χ3v) is 7.54. The minimum absolute atomic E-state index is 0.138. The molecule has 2 amide bonds. The van der Waals surface area contributed by atoms with Crippen molar-refractivity contribution < 1.29 is 27.8 Å². The van der Waals surface area contributed by atoms with Gasteiger partial charge in [0.1, 0.15) is 23.6 Å². The van der Waals surface area contributed by atoms with Gasteiger partial charge in [-0.2, -0.15) is 14.0 Å². The monoisotopic (exact) mass is 593 g/mol. The summed E-state index contributed by atoms with van der Waals surface area (Å²) in [5, 5.41) is 14.1. The van der Waals surface area contributed by atoms with Crippen molar-refractivity contribution in [1.29, 1.82) is 5.26 Å². The van der Waals surface area contributed by atoms with Crippen molar-refractivity contribution in [2.75, 3.05) is 25.7 Å². The van der Waals surface area contributed by atoms with Crippen LogP contribution >= 0.6 is 11.6 Å². The van der Waals surface area contributed by atoms with E-state index in [0.29, 0.717) is 17.1 Å². The van der Waals surface area contributed by atoms with E-state index in [1.807, 2.05) is 6.07 Å². The molecule has 1 saturated heterocycles. The molecule has 3 aromatic carbocycles. The maximum atomic E-state index is 15.4. The number of methoxy groups -OCH3 is 2. The molecule has 2 aliphatic rings. The van der Waals surface area contributed by atoms with Gasteiger partial charge in [0.25, 0.3) is 17.7 Å². The molecule has 3 aromatic rings. The number of nitrogens with zero attached hydrogens (tertiary/aromatic N) is 3.